The van der Waals surface area contributed by atoms with Crippen LogP contribution in [0.1, 0.15) is 21.6 Å². The number of hydrogen-bond acceptors (Lipinski definition) is 3. The smallest absolute Gasteiger partial charge is 0.259 e. The summed E-state index contributed by atoms with van der Waals surface area (Å²) in [7, 11) is 0. The zero-order valence-corrected chi connectivity index (χ0v) is 14.3. The van der Waals surface area contributed by atoms with Gasteiger partial charge in [0, 0.05) is 10.7 Å². The fourth-order valence-electron chi connectivity index (χ4n) is 2.47. The maximum Gasteiger partial charge on any atom is 0.259 e. The summed E-state index contributed by atoms with van der Waals surface area (Å²) >= 11 is 5.90. The lowest BCUT2D eigenvalue weighted by atomic mass is 10.1. The van der Waals surface area contributed by atoms with E-state index < -0.39 is 0 Å². The Kier molecular flexibility index (Phi) is 4.82. The Morgan fingerprint density at radius 1 is 1.20 bits per heavy atom. The first-order valence-electron chi connectivity index (χ1n) is 7.66. The molecule has 0 saturated carbocycles. The first-order chi connectivity index (χ1) is 12.1. The molecule has 1 aromatic heterocycles. The number of hydrogen-bond donors (Lipinski definition) is 1. The predicted molar refractivity (Wildman–Crippen MR) is 97.0 cm³/mol. The molecule has 1 N–H and O–H groups in total. The maximum absolute atomic E-state index is 12.5. The van der Waals surface area contributed by atoms with Crippen molar-refractivity contribution in [3.63, 3.8) is 0 Å². The zero-order chi connectivity index (χ0) is 17.8. The number of anilines is 1. The van der Waals surface area contributed by atoms with Gasteiger partial charge in [0.05, 0.1) is 35.6 Å². The average molecular weight is 351 g/mol. The molecule has 0 bridgehead atoms. The number of nitrogens with zero attached hydrogens (tertiary/aromatic N) is 3. The summed E-state index contributed by atoms with van der Waals surface area (Å²) < 4.78 is 1.70. The molecule has 5 nitrogen and oxygen atoms in total. The van der Waals surface area contributed by atoms with E-state index in [0.717, 1.165) is 16.9 Å². The van der Waals surface area contributed by atoms with E-state index in [1.54, 1.807) is 35.1 Å². The van der Waals surface area contributed by atoms with Crippen LogP contribution in [0.25, 0.3) is 5.69 Å². The molecule has 124 valence electrons. The molecule has 25 heavy (non-hydrogen) atoms. The summed E-state index contributed by atoms with van der Waals surface area (Å²) in [5.41, 5.74) is 3.65. The van der Waals surface area contributed by atoms with Crippen LogP contribution in [0, 0.1) is 18.3 Å². The van der Waals surface area contributed by atoms with Crippen molar-refractivity contribution in [2.24, 2.45) is 0 Å². The van der Waals surface area contributed by atoms with Crippen molar-refractivity contribution in [2.75, 3.05) is 5.32 Å². The number of carbonyl (C=O) groups is 1. The van der Waals surface area contributed by atoms with Crippen LogP contribution >= 0.6 is 11.6 Å². The Labute approximate surface area is 150 Å². The molecule has 0 spiro atoms. The van der Waals surface area contributed by atoms with E-state index in [1.165, 1.54) is 0 Å². The summed E-state index contributed by atoms with van der Waals surface area (Å²) in [6.45, 7) is 1.84. The van der Waals surface area contributed by atoms with Gasteiger partial charge in [0.25, 0.3) is 5.91 Å². The average Bonchev–Trinajstić information content (AvgIpc) is 2.99. The van der Waals surface area contributed by atoms with Crippen molar-refractivity contribution in [3.8, 4) is 11.8 Å². The lowest BCUT2D eigenvalue weighted by Gasteiger charge is -2.07. The monoisotopic (exact) mass is 350 g/mol. The first kappa shape index (κ1) is 16.7. The maximum atomic E-state index is 12.5. The minimum absolute atomic E-state index is 0.231. The largest absolute Gasteiger partial charge is 0.322 e. The summed E-state index contributed by atoms with van der Waals surface area (Å²) in [5.74, 6) is -0.231. The van der Waals surface area contributed by atoms with Crippen LogP contribution in [0.2, 0.25) is 5.02 Å². The van der Waals surface area contributed by atoms with Crippen LogP contribution in [-0.4, -0.2) is 15.7 Å². The molecule has 2 aromatic carbocycles. The molecule has 0 aliphatic heterocycles. The fraction of sp³-hybridized carbons (Fsp3) is 0.105. The first-order valence-corrected chi connectivity index (χ1v) is 8.04. The van der Waals surface area contributed by atoms with Crippen molar-refractivity contribution in [2.45, 2.75) is 13.3 Å². The van der Waals surface area contributed by atoms with Crippen LogP contribution in [0.3, 0.4) is 0 Å². The number of benzene rings is 2. The second-order valence-corrected chi connectivity index (χ2v) is 5.95. The van der Waals surface area contributed by atoms with Gasteiger partial charge in [-0.3, -0.25) is 4.79 Å². The Morgan fingerprint density at radius 3 is 2.52 bits per heavy atom. The second-order valence-electron chi connectivity index (χ2n) is 5.52. The molecule has 0 atom stereocenters. The number of aromatic nitrogens is 2. The lowest BCUT2D eigenvalue weighted by Crippen LogP contribution is -2.13. The number of rotatable bonds is 4. The highest BCUT2D eigenvalue weighted by Crippen LogP contribution is 2.18. The molecular weight excluding hydrogens is 336 g/mol. The van der Waals surface area contributed by atoms with Crippen molar-refractivity contribution >= 4 is 23.2 Å². The lowest BCUT2D eigenvalue weighted by molar-refractivity contribution is 0.102. The summed E-state index contributed by atoms with van der Waals surface area (Å²) in [6, 6.07) is 16.5. The van der Waals surface area contributed by atoms with E-state index in [1.807, 2.05) is 31.2 Å². The Morgan fingerprint density at radius 2 is 1.88 bits per heavy atom. The second kappa shape index (κ2) is 7.20. The van der Waals surface area contributed by atoms with Crippen LogP contribution < -0.4 is 5.32 Å². The minimum Gasteiger partial charge on any atom is -0.322 e. The van der Waals surface area contributed by atoms with Crippen molar-refractivity contribution in [3.05, 3.63) is 76.6 Å². The van der Waals surface area contributed by atoms with Gasteiger partial charge in [0.1, 0.15) is 0 Å². The van der Waals surface area contributed by atoms with Gasteiger partial charge in [-0.25, -0.2) is 4.68 Å². The van der Waals surface area contributed by atoms with Crippen molar-refractivity contribution < 1.29 is 4.79 Å². The third-order valence-electron chi connectivity index (χ3n) is 3.82. The van der Waals surface area contributed by atoms with E-state index >= 15 is 0 Å². The highest BCUT2D eigenvalue weighted by molar-refractivity contribution is 6.30. The quantitative estimate of drug-likeness (QED) is 0.768. The van der Waals surface area contributed by atoms with Crippen molar-refractivity contribution in [1.29, 1.82) is 5.26 Å². The van der Waals surface area contributed by atoms with Gasteiger partial charge < -0.3 is 5.32 Å². The van der Waals surface area contributed by atoms with Gasteiger partial charge >= 0.3 is 0 Å². The number of carbonyl (C=O) groups excluding carboxylic acids is 1. The summed E-state index contributed by atoms with van der Waals surface area (Å²) in [4.78, 5) is 12.5. The topological polar surface area (TPSA) is 70.7 Å². The molecule has 0 aliphatic rings. The molecule has 0 fully saturated rings. The standard InChI is InChI=1S/C19H15ClN4O/c1-13-18(12-22-24(13)17-8-4-15(20)5-9-17)19(25)23-16-6-2-14(3-7-16)10-11-21/h2-9,12H,10H2,1H3,(H,23,25). The highest BCUT2D eigenvalue weighted by atomic mass is 35.5. The van der Waals surface area contributed by atoms with Gasteiger partial charge in [-0.2, -0.15) is 10.4 Å². The van der Waals surface area contributed by atoms with Gasteiger partial charge in [0.15, 0.2) is 0 Å². The number of nitrogens with one attached hydrogen (secondary N) is 1. The SMILES string of the molecule is Cc1c(C(=O)Nc2ccc(CC#N)cc2)cnn1-c1ccc(Cl)cc1. The molecule has 6 heteroatoms. The molecule has 0 radical (unpaired) electrons. The van der Waals surface area contributed by atoms with Crippen LogP contribution in [-0.2, 0) is 6.42 Å². The highest BCUT2D eigenvalue weighted by Gasteiger charge is 2.15. The Bertz CT molecular complexity index is 937. The minimum atomic E-state index is -0.231. The molecule has 0 unspecified atom stereocenters. The number of amides is 1. The molecule has 3 aromatic rings. The third-order valence-corrected chi connectivity index (χ3v) is 4.07. The molecule has 0 aliphatic carbocycles. The van der Waals surface area contributed by atoms with Gasteiger partial charge in [0.2, 0.25) is 0 Å². The Hall–Kier alpha value is -3.10. The normalized spacial score (nSPS) is 10.3. The van der Waals surface area contributed by atoms with Gasteiger partial charge in [-0.1, -0.05) is 23.7 Å². The van der Waals surface area contributed by atoms with Gasteiger partial charge in [-0.15, -0.1) is 0 Å². The fourth-order valence-corrected chi connectivity index (χ4v) is 2.60. The molecular formula is C19H15ClN4O. The Balaban J connectivity index is 1.79. The molecule has 0 saturated heterocycles. The van der Waals surface area contributed by atoms with Crippen LogP contribution in [0.4, 0.5) is 5.69 Å². The molecule has 3 rings (SSSR count). The number of nitriles is 1. The van der Waals surface area contributed by atoms with Crippen LogP contribution in [0.15, 0.2) is 54.7 Å². The van der Waals surface area contributed by atoms with Crippen molar-refractivity contribution in [1.82, 2.24) is 9.78 Å². The predicted octanol–water partition coefficient (Wildman–Crippen LogP) is 4.15. The number of halogens is 1. The zero-order valence-electron chi connectivity index (χ0n) is 13.5. The van der Waals surface area contributed by atoms with Gasteiger partial charge in [-0.05, 0) is 48.9 Å². The third kappa shape index (κ3) is 3.70. The summed E-state index contributed by atoms with van der Waals surface area (Å²) in [6.07, 6.45) is 1.89. The van der Waals surface area contributed by atoms with E-state index in [-0.39, 0.29) is 5.91 Å². The van der Waals surface area contributed by atoms with E-state index in [0.29, 0.717) is 22.7 Å². The van der Waals surface area contributed by atoms with E-state index in [2.05, 4.69) is 16.5 Å². The van der Waals surface area contributed by atoms with E-state index in [4.69, 9.17) is 16.9 Å². The summed E-state index contributed by atoms with van der Waals surface area (Å²) in [5, 5.41) is 16.5. The van der Waals surface area contributed by atoms with E-state index in [9.17, 15) is 4.79 Å². The molecule has 1 heterocycles. The van der Waals surface area contributed by atoms with Crippen LogP contribution in [0.5, 0.6) is 0 Å². The molecule has 1 amide bonds.